The zero-order valence-corrected chi connectivity index (χ0v) is 14.0. The van der Waals surface area contributed by atoms with Gasteiger partial charge < -0.3 is 0 Å². The highest BCUT2D eigenvalue weighted by atomic mass is 32.2. The molecule has 0 saturated carbocycles. The molecule has 0 saturated heterocycles. The summed E-state index contributed by atoms with van der Waals surface area (Å²) in [7, 11) is -13.2. The lowest BCUT2D eigenvalue weighted by molar-refractivity contribution is -0.230. The molecule has 28 heavy (non-hydrogen) atoms. The van der Waals surface area contributed by atoms with Crippen molar-refractivity contribution in [2.45, 2.75) is 35.2 Å². The van der Waals surface area contributed by atoms with E-state index in [9.17, 15) is 69.5 Å². The molecule has 20 heteroatoms. The number of hydrogen-bond donors (Lipinski definition) is 0. The molecule has 6 nitrogen and oxygen atoms in total. The number of hydrogen-bond acceptors (Lipinski definition) is 6. The van der Waals surface area contributed by atoms with Gasteiger partial charge in [0, 0.05) is 0 Å². The van der Waals surface area contributed by atoms with Gasteiger partial charge >= 0.3 is 24.7 Å². The second kappa shape index (κ2) is 8.01. The van der Waals surface area contributed by atoms with Gasteiger partial charge in [-0.3, -0.25) is 8.37 Å². The van der Waals surface area contributed by atoms with E-state index in [1.165, 1.54) is 0 Å². The van der Waals surface area contributed by atoms with Crippen LogP contribution < -0.4 is 0 Å². The molecule has 0 aromatic heterocycles. The van der Waals surface area contributed by atoms with Gasteiger partial charge in [-0.1, -0.05) is 0 Å². The predicted molar refractivity (Wildman–Crippen MR) is 61.5 cm³/mol. The van der Waals surface area contributed by atoms with E-state index in [1.807, 2.05) is 0 Å². The lowest BCUT2D eigenvalue weighted by atomic mass is 10.4. The Kier molecular flexibility index (Phi) is 7.72. The predicted octanol–water partition coefficient (Wildman–Crippen LogP) is 2.67. The van der Waals surface area contributed by atoms with E-state index in [1.54, 1.807) is 0 Å². The normalized spacial score (nSPS) is 15.5. The van der Waals surface area contributed by atoms with Crippen LogP contribution in [0.4, 0.5) is 52.7 Å². The first kappa shape index (κ1) is 27.0. The maximum Gasteiger partial charge on any atom is 0.416 e. The second-order valence-corrected chi connectivity index (χ2v) is 7.94. The molecule has 0 rings (SSSR count). The minimum Gasteiger partial charge on any atom is -0.267 e. The van der Waals surface area contributed by atoms with Crippen LogP contribution in [-0.2, 0) is 28.6 Å². The lowest BCUT2D eigenvalue weighted by Crippen LogP contribution is -2.49. The van der Waals surface area contributed by atoms with Crippen LogP contribution in [0.25, 0.3) is 0 Å². The quantitative estimate of drug-likeness (QED) is 0.310. The first-order valence-corrected chi connectivity index (χ1v) is 8.91. The number of alkyl halides is 12. The Morgan fingerprint density at radius 1 is 0.500 bits per heavy atom. The Balaban J connectivity index is 5.30. The average Bonchev–Trinajstić information content (AvgIpc) is 2.25. The largest absolute Gasteiger partial charge is 0.416 e. The summed E-state index contributed by atoms with van der Waals surface area (Å²) in [5.41, 5.74) is 0. The van der Waals surface area contributed by atoms with E-state index in [-0.39, 0.29) is 0 Å². The van der Waals surface area contributed by atoms with Crippen molar-refractivity contribution in [2.24, 2.45) is 0 Å². The second-order valence-electron chi connectivity index (χ2n) is 4.56. The highest BCUT2D eigenvalue weighted by Crippen LogP contribution is 2.40. The first-order chi connectivity index (χ1) is 11.9. The molecule has 0 bridgehead atoms. The Morgan fingerprint density at radius 3 is 0.821 bits per heavy atom. The Hall–Kier alpha value is -1.02. The van der Waals surface area contributed by atoms with Crippen LogP contribution in [0.2, 0.25) is 0 Å². The fraction of sp³-hybridized carbons (Fsp3) is 1.00. The topological polar surface area (TPSA) is 86.7 Å². The summed E-state index contributed by atoms with van der Waals surface area (Å²) in [6.07, 6.45) is -25.8. The van der Waals surface area contributed by atoms with Crippen molar-refractivity contribution in [1.82, 2.24) is 0 Å². The van der Waals surface area contributed by atoms with Crippen molar-refractivity contribution in [1.29, 1.82) is 0 Å². The van der Waals surface area contributed by atoms with Gasteiger partial charge in [0.05, 0.1) is 13.2 Å². The Labute approximate surface area is 147 Å². The summed E-state index contributed by atoms with van der Waals surface area (Å²) in [5, 5.41) is -10.2. The molecule has 0 N–H and O–H groups in total. The number of halogens is 12. The van der Waals surface area contributed by atoms with E-state index in [0.717, 1.165) is 0 Å². The zero-order chi connectivity index (χ0) is 23.0. The third-order valence-corrected chi connectivity index (χ3v) is 5.56. The van der Waals surface area contributed by atoms with Crippen LogP contribution in [-0.4, -0.2) is 65.3 Å². The Morgan fingerprint density at radius 2 is 0.679 bits per heavy atom. The fourth-order valence-electron chi connectivity index (χ4n) is 1.46. The summed E-state index contributed by atoms with van der Waals surface area (Å²) in [6.45, 7) is -4.15. The molecule has 170 valence electrons. The monoisotopic (exact) mass is 490 g/mol. The van der Waals surface area contributed by atoms with Crippen molar-refractivity contribution in [3.05, 3.63) is 0 Å². The molecule has 0 spiro atoms. The van der Waals surface area contributed by atoms with E-state index in [2.05, 4.69) is 8.37 Å². The van der Waals surface area contributed by atoms with Crippen molar-refractivity contribution in [2.75, 3.05) is 13.2 Å². The zero-order valence-electron chi connectivity index (χ0n) is 12.4. The van der Waals surface area contributed by atoms with Gasteiger partial charge in [0.2, 0.25) is 0 Å². The van der Waals surface area contributed by atoms with Crippen LogP contribution in [0.1, 0.15) is 0 Å². The van der Waals surface area contributed by atoms with Gasteiger partial charge in [-0.25, -0.2) is 0 Å². The molecule has 0 unspecified atom stereocenters. The standard InChI is InChI=1S/C8H6F12O6S2/c9-5(10,11)3(6(12,13)14)27(21,22)25-1-2-26-28(23,24)4(7(15,16)17)8(18,19)20/h3-4H,1-2H2. The van der Waals surface area contributed by atoms with Crippen molar-refractivity contribution >= 4 is 20.2 Å². The highest BCUT2D eigenvalue weighted by Gasteiger charge is 2.66. The minimum atomic E-state index is -6.60. The smallest absolute Gasteiger partial charge is 0.267 e. The molecule has 0 amide bonds. The van der Waals surface area contributed by atoms with Crippen molar-refractivity contribution in [3.63, 3.8) is 0 Å². The van der Waals surface area contributed by atoms with Crippen LogP contribution in [0.15, 0.2) is 0 Å². The van der Waals surface area contributed by atoms with Crippen LogP contribution in [0.5, 0.6) is 0 Å². The van der Waals surface area contributed by atoms with Gasteiger partial charge in [0.25, 0.3) is 30.7 Å². The fourth-order valence-corrected chi connectivity index (χ4v) is 3.64. The van der Waals surface area contributed by atoms with E-state index in [0.29, 0.717) is 0 Å². The molecule has 0 heterocycles. The summed E-state index contributed by atoms with van der Waals surface area (Å²) in [5.74, 6) is 0. The van der Waals surface area contributed by atoms with Crippen LogP contribution >= 0.6 is 0 Å². The molecule has 0 aliphatic heterocycles. The summed E-state index contributed by atoms with van der Waals surface area (Å²) in [4.78, 5) is 0. The van der Waals surface area contributed by atoms with Gasteiger partial charge in [0.15, 0.2) is 0 Å². The number of rotatable bonds is 7. The van der Waals surface area contributed by atoms with E-state index < -0.39 is 68.7 Å². The van der Waals surface area contributed by atoms with Crippen molar-refractivity contribution < 1.29 is 77.9 Å². The molecule has 0 aliphatic carbocycles. The molecule has 0 radical (unpaired) electrons. The molecule has 0 aliphatic rings. The van der Waals surface area contributed by atoms with Crippen molar-refractivity contribution in [3.8, 4) is 0 Å². The average molecular weight is 490 g/mol. The highest BCUT2D eigenvalue weighted by molar-refractivity contribution is 7.87. The van der Waals surface area contributed by atoms with Gasteiger partial charge in [-0.15, -0.1) is 0 Å². The van der Waals surface area contributed by atoms with Crippen LogP contribution in [0, 0.1) is 0 Å². The molecule has 0 aromatic carbocycles. The summed E-state index contributed by atoms with van der Waals surface area (Å²) >= 11 is 0. The molecular formula is C8H6F12O6S2. The van der Waals surface area contributed by atoms with Gasteiger partial charge in [0.1, 0.15) is 0 Å². The molecule has 0 fully saturated rings. The third-order valence-electron chi connectivity index (χ3n) is 2.35. The van der Waals surface area contributed by atoms with Gasteiger partial charge in [-0.05, 0) is 0 Å². The minimum absolute atomic E-state index is 2.08. The summed E-state index contributed by atoms with van der Waals surface area (Å²) in [6, 6.07) is 0. The van der Waals surface area contributed by atoms with E-state index in [4.69, 9.17) is 0 Å². The lowest BCUT2D eigenvalue weighted by Gasteiger charge is -2.23. The third kappa shape index (κ3) is 7.43. The SMILES string of the molecule is O=S(=O)(OCCOS(=O)(=O)C(C(F)(F)F)C(F)(F)F)C(C(F)(F)F)C(F)(F)F. The maximum atomic E-state index is 12.2. The van der Waals surface area contributed by atoms with E-state index >= 15 is 0 Å². The molecular weight excluding hydrogens is 484 g/mol. The van der Waals surface area contributed by atoms with Gasteiger partial charge in [-0.2, -0.15) is 69.5 Å². The first-order valence-electron chi connectivity index (χ1n) is 5.97. The van der Waals surface area contributed by atoms with Crippen LogP contribution in [0.3, 0.4) is 0 Å². The molecule has 0 atom stereocenters. The summed E-state index contributed by atoms with van der Waals surface area (Å²) < 4.78 is 197. The maximum absolute atomic E-state index is 12.2. The Bertz CT molecular complexity index is 636. The molecule has 0 aromatic rings.